The summed E-state index contributed by atoms with van der Waals surface area (Å²) < 4.78 is 52.9. The molecule has 0 aliphatic carbocycles. The van der Waals surface area contributed by atoms with E-state index in [4.69, 9.17) is 10.5 Å². The fraction of sp³-hybridized carbons (Fsp3) is 0.240. The Hall–Kier alpha value is -3.71. The number of carbonyl (C=O) groups is 1. The predicted octanol–water partition coefficient (Wildman–Crippen LogP) is 2.09. The van der Waals surface area contributed by atoms with Crippen molar-refractivity contribution in [2.75, 3.05) is 26.7 Å². The molecule has 1 saturated heterocycles. The van der Waals surface area contributed by atoms with Crippen LogP contribution >= 0.6 is 0 Å². The molecule has 2 aliphatic heterocycles. The third-order valence-electron chi connectivity index (χ3n) is 6.61. The SMILES string of the molecule is CN1C(=O)C(c2cccc(-c3ccc(F)nc3)c2)(c2cccc(C3CN(S(=O)(=O)O)CCO3)c2)N=C1N. The normalized spacial score (nSPS) is 22.8. The van der Waals surface area contributed by atoms with Crippen molar-refractivity contribution in [1.29, 1.82) is 0 Å². The van der Waals surface area contributed by atoms with E-state index in [1.165, 1.54) is 24.2 Å². The zero-order valence-electron chi connectivity index (χ0n) is 19.8. The van der Waals surface area contributed by atoms with Crippen LogP contribution in [0.2, 0.25) is 0 Å². The largest absolute Gasteiger partial charge is 0.371 e. The van der Waals surface area contributed by atoms with Crippen molar-refractivity contribution in [3.8, 4) is 11.1 Å². The number of nitrogens with zero attached hydrogens (tertiary/aromatic N) is 4. The van der Waals surface area contributed by atoms with Crippen LogP contribution < -0.4 is 5.73 Å². The van der Waals surface area contributed by atoms with Gasteiger partial charge in [-0.1, -0.05) is 36.4 Å². The van der Waals surface area contributed by atoms with Gasteiger partial charge in [-0.2, -0.15) is 17.1 Å². The molecule has 3 N–H and O–H groups in total. The monoisotopic (exact) mass is 525 g/mol. The number of likely N-dealkylation sites (N-methyl/N-ethyl adjacent to an activating group) is 1. The first-order chi connectivity index (χ1) is 17.6. The number of hydrogen-bond acceptors (Lipinski definition) is 7. The molecule has 1 amide bonds. The highest BCUT2D eigenvalue weighted by Gasteiger charge is 2.49. The standard InChI is InChI=1S/C25H24FN5O5S/c1-30-23(32)25(29-24(30)27,19-6-2-4-16(12-19)18-8-9-22(26)28-14-18)20-7-3-5-17(13-20)21-15-31(10-11-36-21)37(33,34)35/h2-9,12-14,21H,10-11,15H2,1H3,(H2,27,29)(H,33,34,35). The number of rotatable bonds is 5. The summed E-state index contributed by atoms with van der Waals surface area (Å²) >= 11 is 0. The number of nitrogens with two attached hydrogens (primary N) is 1. The van der Waals surface area contributed by atoms with Crippen LogP contribution in [0, 0.1) is 5.95 Å². The van der Waals surface area contributed by atoms with Crippen LogP contribution in [-0.2, 0) is 25.4 Å². The number of pyridine rings is 1. The number of guanidine groups is 1. The van der Waals surface area contributed by atoms with E-state index in [1.54, 1.807) is 48.5 Å². The van der Waals surface area contributed by atoms with Gasteiger partial charge in [0.2, 0.25) is 5.95 Å². The molecule has 0 saturated carbocycles. The van der Waals surface area contributed by atoms with Crippen LogP contribution in [0.1, 0.15) is 22.8 Å². The highest BCUT2D eigenvalue weighted by atomic mass is 32.2. The van der Waals surface area contributed by atoms with E-state index in [0.717, 1.165) is 4.31 Å². The van der Waals surface area contributed by atoms with Crippen LogP contribution in [-0.4, -0.2) is 65.8 Å². The summed E-state index contributed by atoms with van der Waals surface area (Å²) in [6, 6.07) is 16.9. The molecular formula is C25H24FN5O5S. The fourth-order valence-electron chi connectivity index (χ4n) is 4.66. The Balaban J connectivity index is 1.61. The molecule has 2 unspecified atom stereocenters. The lowest BCUT2D eigenvalue weighted by Gasteiger charge is -2.32. The molecule has 5 rings (SSSR count). The minimum absolute atomic E-state index is 0.0358. The second kappa shape index (κ2) is 9.30. The topological polar surface area (TPSA) is 138 Å². The van der Waals surface area contributed by atoms with Crippen molar-refractivity contribution in [3.05, 3.63) is 89.5 Å². The Morgan fingerprint density at radius 1 is 1.11 bits per heavy atom. The predicted molar refractivity (Wildman–Crippen MR) is 133 cm³/mol. The molecule has 3 heterocycles. The van der Waals surface area contributed by atoms with Gasteiger partial charge in [-0.3, -0.25) is 14.2 Å². The number of hydrogen-bond donors (Lipinski definition) is 2. The molecule has 2 atom stereocenters. The first-order valence-electron chi connectivity index (χ1n) is 11.4. The molecule has 2 aliphatic rings. The van der Waals surface area contributed by atoms with Gasteiger partial charge in [0.15, 0.2) is 11.5 Å². The molecule has 10 nitrogen and oxygen atoms in total. The van der Waals surface area contributed by atoms with Crippen LogP contribution in [0.5, 0.6) is 0 Å². The van der Waals surface area contributed by atoms with E-state index in [9.17, 15) is 22.2 Å². The number of halogens is 1. The van der Waals surface area contributed by atoms with Crippen molar-refractivity contribution in [3.63, 3.8) is 0 Å². The van der Waals surface area contributed by atoms with E-state index in [-0.39, 0.29) is 31.6 Å². The second-order valence-corrected chi connectivity index (χ2v) is 10.2. The smallest absolute Gasteiger partial charge is 0.336 e. The molecule has 1 fully saturated rings. The molecule has 0 spiro atoms. The third kappa shape index (κ3) is 4.48. The Labute approximate surface area is 213 Å². The molecule has 2 aromatic carbocycles. The van der Waals surface area contributed by atoms with Crippen LogP contribution in [0.4, 0.5) is 4.39 Å². The maximum atomic E-state index is 13.7. The lowest BCUT2D eigenvalue weighted by Crippen LogP contribution is -2.42. The van der Waals surface area contributed by atoms with E-state index >= 15 is 0 Å². The van der Waals surface area contributed by atoms with Crippen LogP contribution in [0.25, 0.3) is 11.1 Å². The zero-order valence-corrected chi connectivity index (χ0v) is 20.6. The third-order valence-corrected chi connectivity index (χ3v) is 7.60. The molecule has 192 valence electrons. The van der Waals surface area contributed by atoms with E-state index < -0.39 is 27.9 Å². The van der Waals surface area contributed by atoms with Gasteiger partial charge in [-0.05, 0) is 46.5 Å². The van der Waals surface area contributed by atoms with Gasteiger partial charge < -0.3 is 10.5 Å². The number of amides is 1. The second-order valence-electron chi connectivity index (χ2n) is 8.82. The first-order valence-corrected chi connectivity index (χ1v) is 12.8. The summed E-state index contributed by atoms with van der Waals surface area (Å²) in [5.74, 6) is -0.938. The summed E-state index contributed by atoms with van der Waals surface area (Å²) in [6.07, 6.45) is 0.739. The van der Waals surface area contributed by atoms with Gasteiger partial charge in [0.1, 0.15) is 0 Å². The van der Waals surface area contributed by atoms with E-state index in [1.807, 2.05) is 6.07 Å². The van der Waals surface area contributed by atoms with Gasteiger partial charge in [-0.15, -0.1) is 0 Å². The lowest BCUT2D eigenvalue weighted by molar-refractivity contribution is -0.129. The van der Waals surface area contributed by atoms with Crippen molar-refractivity contribution < 1.29 is 26.9 Å². The molecule has 0 radical (unpaired) electrons. The molecule has 1 aromatic heterocycles. The first kappa shape index (κ1) is 25.0. The Morgan fingerprint density at radius 2 is 1.84 bits per heavy atom. The van der Waals surface area contributed by atoms with Crippen LogP contribution in [0.3, 0.4) is 0 Å². The maximum Gasteiger partial charge on any atom is 0.336 e. The highest BCUT2D eigenvalue weighted by Crippen LogP contribution is 2.41. The number of aromatic nitrogens is 1. The zero-order chi connectivity index (χ0) is 26.4. The molecule has 37 heavy (non-hydrogen) atoms. The number of morpholine rings is 1. The van der Waals surface area contributed by atoms with Gasteiger partial charge in [-0.25, -0.2) is 9.98 Å². The Morgan fingerprint density at radius 3 is 2.49 bits per heavy atom. The van der Waals surface area contributed by atoms with Crippen molar-refractivity contribution in [2.45, 2.75) is 11.6 Å². The van der Waals surface area contributed by atoms with Gasteiger partial charge in [0.25, 0.3) is 5.91 Å². The number of benzene rings is 2. The maximum absolute atomic E-state index is 13.7. The molecule has 12 heteroatoms. The minimum atomic E-state index is -4.38. The Kier molecular flexibility index (Phi) is 6.28. The summed E-state index contributed by atoms with van der Waals surface area (Å²) in [5.41, 5.74) is 7.60. The summed E-state index contributed by atoms with van der Waals surface area (Å²) in [6.45, 7) is 0.0516. The quantitative estimate of drug-likeness (QED) is 0.384. The van der Waals surface area contributed by atoms with Crippen molar-refractivity contribution >= 4 is 22.2 Å². The van der Waals surface area contributed by atoms with Gasteiger partial charge in [0.05, 0.1) is 12.7 Å². The minimum Gasteiger partial charge on any atom is -0.371 e. The average Bonchev–Trinajstić information content (AvgIpc) is 3.13. The fourth-order valence-corrected chi connectivity index (χ4v) is 5.28. The molecule has 3 aromatic rings. The van der Waals surface area contributed by atoms with Gasteiger partial charge >= 0.3 is 10.3 Å². The Bertz CT molecular complexity index is 1500. The van der Waals surface area contributed by atoms with E-state index in [0.29, 0.717) is 27.8 Å². The van der Waals surface area contributed by atoms with Crippen molar-refractivity contribution in [1.82, 2.24) is 14.2 Å². The number of aliphatic imine (C=N–C) groups is 1. The number of carbonyl (C=O) groups excluding carboxylic acids is 1. The van der Waals surface area contributed by atoms with E-state index in [2.05, 4.69) is 9.98 Å². The average molecular weight is 526 g/mol. The van der Waals surface area contributed by atoms with Crippen LogP contribution in [0.15, 0.2) is 71.9 Å². The summed E-state index contributed by atoms with van der Waals surface area (Å²) in [5, 5.41) is 0. The summed E-state index contributed by atoms with van der Waals surface area (Å²) in [4.78, 5) is 23.3. The van der Waals surface area contributed by atoms with Gasteiger partial charge in [0, 0.05) is 31.9 Å². The van der Waals surface area contributed by atoms with Crippen molar-refractivity contribution in [2.24, 2.45) is 10.7 Å². The molecule has 0 bridgehead atoms. The highest BCUT2D eigenvalue weighted by molar-refractivity contribution is 7.83. The molecular weight excluding hydrogens is 501 g/mol. The summed E-state index contributed by atoms with van der Waals surface area (Å²) in [7, 11) is -2.84. The lowest BCUT2D eigenvalue weighted by atomic mass is 9.81. The number of ether oxygens (including phenoxy) is 1.